The molecule has 0 spiro atoms. The van der Waals surface area contributed by atoms with E-state index in [9.17, 15) is 0 Å². The summed E-state index contributed by atoms with van der Waals surface area (Å²) in [7, 11) is 0. The minimum atomic E-state index is -0.374. The number of hydrogen-bond acceptors (Lipinski definition) is 3. The van der Waals surface area contributed by atoms with Gasteiger partial charge in [0.25, 0.3) is 0 Å². The number of nitrogens with zero attached hydrogens (tertiary/aromatic N) is 4. The van der Waals surface area contributed by atoms with Gasteiger partial charge in [-0.05, 0) is 26.2 Å². The molecule has 0 atom stereocenters. The molecule has 0 bridgehead atoms. The van der Waals surface area contributed by atoms with Crippen molar-refractivity contribution >= 4 is 0 Å². The van der Waals surface area contributed by atoms with Gasteiger partial charge < -0.3 is 0 Å². The highest BCUT2D eigenvalue weighted by Crippen LogP contribution is 2.37. The van der Waals surface area contributed by atoms with E-state index < -0.39 is 0 Å². The fourth-order valence-electron chi connectivity index (χ4n) is 1.46. The van der Waals surface area contributed by atoms with Crippen LogP contribution in [0.3, 0.4) is 0 Å². The third-order valence-corrected chi connectivity index (χ3v) is 2.44. The van der Waals surface area contributed by atoms with Crippen molar-refractivity contribution in [2.45, 2.75) is 31.7 Å². The van der Waals surface area contributed by atoms with Gasteiger partial charge in [-0.1, -0.05) is 5.21 Å². The molecule has 0 amide bonds. The van der Waals surface area contributed by atoms with Crippen LogP contribution in [-0.2, 0) is 5.54 Å². The van der Waals surface area contributed by atoms with E-state index in [0.29, 0.717) is 0 Å². The number of aromatic nitrogens is 3. The van der Waals surface area contributed by atoms with Crippen molar-refractivity contribution in [2.24, 2.45) is 0 Å². The van der Waals surface area contributed by atoms with E-state index >= 15 is 0 Å². The van der Waals surface area contributed by atoms with E-state index in [1.165, 1.54) is 0 Å². The van der Waals surface area contributed by atoms with Crippen molar-refractivity contribution < 1.29 is 0 Å². The van der Waals surface area contributed by atoms with E-state index in [1.54, 1.807) is 4.68 Å². The Morgan fingerprint density at radius 3 is 2.75 bits per heavy atom. The first kappa shape index (κ1) is 7.29. The van der Waals surface area contributed by atoms with E-state index in [0.717, 1.165) is 25.0 Å². The summed E-state index contributed by atoms with van der Waals surface area (Å²) in [5.74, 6) is 0. The molecule has 0 saturated heterocycles. The van der Waals surface area contributed by atoms with Gasteiger partial charge >= 0.3 is 0 Å². The summed E-state index contributed by atoms with van der Waals surface area (Å²) < 4.78 is 1.70. The standard InChI is InChI=1S/C8H10N4/c1-7-5-12(11-10-7)8(6-9)3-2-4-8/h5H,2-4H2,1H3. The van der Waals surface area contributed by atoms with Gasteiger partial charge in [-0.2, -0.15) is 5.26 Å². The lowest BCUT2D eigenvalue weighted by Gasteiger charge is -2.34. The Hall–Kier alpha value is -1.37. The normalized spacial score (nSPS) is 19.7. The molecule has 0 aliphatic heterocycles. The Kier molecular flexibility index (Phi) is 1.40. The minimum Gasteiger partial charge on any atom is -0.232 e. The van der Waals surface area contributed by atoms with Gasteiger partial charge in [-0.15, -0.1) is 5.10 Å². The highest BCUT2D eigenvalue weighted by molar-refractivity contribution is 5.10. The topological polar surface area (TPSA) is 54.5 Å². The van der Waals surface area contributed by atoms with Crippen LogP contribution in [0.2, 0.25) is 0 Å². The first-order valence-corrected chi connectivity index (χ1v) is 4.07. The molecule has 0 N–H and O–H groups in total. The second kappa shape index (κ2) is 2.31. The summed E-state index contributed by atoms with van der Waals surface area (Å²) in [6.45, 7) is 1.88. The smallest absolute Gasteiger partial charge is 0.150 e. The molecule has 0 unspecified atom stereocenters. The van der Waals surface area contributed by atoms with Crippen LogP contribution in [0.1, 0.15) is 25.0 Å². The number of nitriles is 1. The van der Waals surface area contributed by atoms with Crippen molar-refractivity contribution in [1.29, 1.82) is 5.26 Å². The van der Waals surface area contributed by atoms with Crippen LogP contribution in [0.25, 0.3) is 0 Å². The van der Waals surface area contributed by atoms with Crippen LogP contribution >= 0.6 is 0 Å². The third kappa shape index (κ3) is 0.828. The van der Waals surface area contributed by atoms with Gasteiger partial charge in [0.2, 0.25) is 0 Å². The van der Waals surface area contributed by atoms with Crippen LogP contribution in [0.5, 0.6) is 0 Å². The molecular weight excluding hydrogens is 152 g/mol. The summed E-state index contributed by atoms with van der Waals surface area (Å²) in [4.78, 5) is 0. The van der Waals surface area contributed by atoms with Crippen molar-refractivity contribution in [1.82, 2.24) is 15.0 Å². The van der Waals surface area contributed by atoms with Crippen molar-refractivity contribution in [3.63, 3.8) is 0 Å². The van der Waals surface area contributed by atoms with Crippen molar-refractivity contribution in [3.8, 4) is 6.07 Å². The van der Waals surface area contributed by atoms with Gasteiger partial charge in [-0.25, -0.2) is 4.68 Å². The average molecular weight is 162 g/mol. The van der Waals surface area contributed by atoms with E-state index in [2.05, 4.69) is 16.4 Å². The van der Waals surface area contributed by atoms with Crippen LogP contribution in [0.15, 0.2) is 6.20 Å². The Morgan fingerprint density at radius 2 is 2.42 bits per heavy atom. The highest BCUT2D eigenvalue weighted by atomic mass is 15.4. The molecule has 4 heteroatoms. The highest BCUT2D eigenvalue weighted by Gasteiger charge is 2.40. The maximum Gasteiger partial charge on any atom is 0.150 e. The zero-order valence-electron chi connectivity index (χ0n) is 6.99. The quantitative estimate of drug-likeness (QED) is 0.618. The lowest BCUT2D eigenvalue weighted by atomic mass is 9.78. The fraction of sp³-hybridized carbons (Fsp3) is 0.625. The van der Waals surface area contributed by atoms with Gasteiger partial charge in [0.1, 0.15) is 0 Å². The molecule has 1 heterocycles. The van der Waals surface area contributed by atoms with Crippen LogP contribution in [0, 0.1) is 18.3 Å². The van der Waals surface area contributed by atoms with Crippen LogP contribution in [-0.4, -0.2) is 15.0 Å². The number of hydrogen-bond donors (Lipinski definition) is 0. The monoisotopic (exact) mass is 162 g/mol. The predicted molar refractivity (Wildman–Crippen MR) is 42.2 cm³/mol. The Balaban J connectivity index is 2.35. The maximum atomic E-state index is 8.96. The zero-order chi connectivity index (χ0) is 8.60. The summed E-state index contributed by atoms with van der Waals surface area (Å²) in [5.41, 5.74) is 0.498. The van der Waals surface area contributed by atoms with Gasteiger partial charge in [0, 0.05) is 0 Å². The summed E-state index contributed by atoms with van der Waals surface area (Å²) >= 11 is 0. The third-order valence-electron chi connectivity index (χ3n) is 2.44. The summed E-state index contributed by atoms with van der Waals surface area (Å²) in [6, 6.07) is 2.31. The molecule has 2 rings (SSSR count). The SMILES string of the molecule is Cc1cn(C2(C#N)CCC2)nn1. The molecular formula is C8H10N4. The second-order valence-electron chi connectivity index (χ2n) is 3.30. The molecule has 1 saturated carbocycles. The Morgan fingerprint density at radius 1 is 1.67 bits per heavy atom. The molecule has 1 aromatic rings. The van der Waals surface area contributed by atoms with E-state index in [4.69, 9.17) is 5.26 Å². The van der Waals surface area contributed by atoms with Gasteiger partial charge in [0.05, 0.1) is 18.0 Å². The fourth-order valence-corrected chi connectivity index (χ4v) is 1.46. The molecule has 0 radical (unpaired) electrons. The van der Waals surface area contributed by atoms with E-state index in [-0.39, 0.29) is 5.54 Å². The number of rotatable bonds is 1. The molecule has 1 fully saturated rings. The second-order valence-corrected chi connectivity index (χ2v) is 3.30. The Labute approximate surface area is 70.8 Å². The molecule has 1 aromatic heterocycles. The first-order chi connectivity index (χ1) is 5.77. The van der Waals surface area contributed by atoms with Crippen LogP contribution in [0.4, 0.5) is 0 Å². The summed E-state index contributed by atoms with van der Waals surface area (Å²) in [5, 5.41) is 16.8. The predicted octanol–water partition coefficient (Wildman–Crippen LogP) is 0.989. The summed E-state index contributed by atoms with van der Waals surface area (Å²) in [6.07, 6.45) is 4.77. The van der Waals surface area contributed by atoms with Crippen molar-refractivity contribution in [3.05, 3.63) is 11.9 Å². The zero-order valence-corrected chi connectivity index (χ0v) is 6.99. The maximum absolute atomic E-state index is 8.96. The minimum absolute atomic E-state index is 0.374. The van der Waals surface area contributed by atoms with Gasteiger partial charge in [-0.3, -0.25) is 0 Å². The van der Waals surface area contributed by atoms with Gasteiger partial charge in [0.15, 0.2) is 5.54 Å². The number of aryl methyl sites for hydroxylation is 1. The van der Waals surface area contributed by atoms with Crippen LogP contribution < -0.4 is 0 Å². The molecule has 12 heavy (non-hydrogen) atoms. The largest absolute Gasteiger partial charge is 0.232 e. The van der Waals surface area contributed by atoms with E-state index in [1.807, 2.05) is 13.1 Å². The molecule has 1 aliphatic rings. The molecule has 0 aromatic carbocycles. The lowest BCUT2D eigenvalue weighted by Crippen LogP contribution is -2.39. The molecule has 4 nitrogen and oxygen atoms in total. The average Bonchev–Trinajstić information content (AvgIpc) is 2.35. The first-order valence-electron chi connectivity index (χ1n) is 4.07. The molecule has 1 aliphatic carbocycles. The van der Waals surface area contributed by atoms with Crippen molar-refractivity contribution in [2.75, 3.05) is 0 Å². The lowest BCUT2D eigenvalue weighted by molar-refractivity contribution is 0.193. The molecule has 62 valence electrons. The Bertz CT molecular complexity index is 329.